The molecule has 1 saturated carbocycles. The number of aromatic nitrogens is 7. The first-order valence-corrected chi connectivity index (χ1v) is 8.83. The van der Waals surface area contributed by atoms with E-state index in [-0.39, 0.29) is 24.5 Å². The maximum absolute atomic E-state index is 12.4. The van der Waals surface area contributed by atoms with Gasteiger partial charge in [0.15, 0.2) is 6.33 Å². The zero-order chi connectivity index (χ0) is 17.5. The molecule has 3 aromatic heterocycles. The van der Waals surface area contributed by atoms with Crippen LogP contribution in [-0.2, 0) is 11.3 Å². The molecule has 1 amide bonds. The molecule has 3 atom stereocenters. The Bertz CT molecular complexity index is 921. The Labute approximate surface area is 149 Å². The van der Waals surface area contributed by atoms with Gasteiger partial charge in [0.05, 0.1) is 11.4 Å². The van der Waals surface area contributed by atoms with E-state index in [2.05, 4.69) is 40.6 Å². The second-order valence-electron chi connectivity index (χ2n) is 6.98. The number of carbonyl (C=O) groups excluding carboxylic acids is 1. The Morgan fingerprint density at radius 1 is 1.31 bits per heavy atom. The SMILES string of the molecule is O=C(Cn1ncnn1)NC1CC2CCC1N(c1ncnc3[nH]ccc13)C2. The molecule has 2 N–H and O–H groups in total. The van der Waals surface area contributed by atoms with E-state index >= 15 is 0 Å². The Kier molecular flexibility index (Phi) is 3.54. The van der Waals surface area contributed by atoms with Crippen molar-refractivity contribution in [2.45, 2.75) is 37.9 Å². The van der Waals surface area contributed by atoms with Crippen LogP contribution in [0.15, 0.2) is 24.9 Å². The molecule has 2 bridgehead atoms. The van der Waals surface area contributed by atoms with Crippen molar-refractivity contribution < 1.29 is 4.79 Å². The van der Waals surface area contributed by atoms with E-state index in [1.165, 1.54) is 17.5 Å². The predicted molar refractivity (Wildman–Crippen MR) is 92.1 cm³/mol. The van der Waals surface area contributed by atoms with Crippen LogP contribution in [0.25, 0.3) is 11.0 Å². The molecule has 2 saturated heterocycles. The summed E-state index contributed by atoms with van der Waals surface area (Å²) in [6.07, 6.45) is 8.05. The van der Waals surface area contributed by atoms with E-state index in [4.69, 9.17) is 0 Å². The summed E-state index contributed by atoms with van der Waals surface area (Å²) in [5.74, 6) is 1.41. The molecule has 26 heavy (non-hydrogen) atoms. The third-order valence-electron chi connectivity index (χ3n) is 5.41. The van der Waals surface area contributed by atoms with Crippen molar-refractivity contribution >= 4 is 22.8 Å². The van der Waals surface area contributed by atoms with Crippen molar-refractivity contribution in [3.8, 4) is 0 Å². The molecule has 10 heteroatoms. The molecule has 134 valence electrons. The van der Waals surface area contributed by atoms with Crippen LogP contribution in [0.2, 0.25) is 0 Å². The van der Waals surface area contributed by atoms with Gasteiger partial charge in [0.2, 0.25) is 5.91 Å². The van der Waals surface area contributed by atoms with E-state index in [1.54, 1.807) is 6.33 Å². The second-order valence-corrected chi connectivity index (χ2v) is 6.98. The van der Waals surface area contributed by atoms with Crippen molar-refractivity contribution in [1.29, 1.82) is 0 Å². The van der Waals surface area contributed by atoms with Crippen LogP contribution in [0.1, 0.15) is 19.3 Å². The molecule has 6 rings (SSSR count). The summed E-state index contributed by atoms with van der Waals surface area (Å²) in [7, 11) is 0. The molecule has 1 aliphatic carbocycles. The second kappa shape index (κ2) is 6.04. The summed E-state index contributed by atoms with van der Waals surface area (Å²) in [6.45, 7) is 1.06. The molecule has 3 fully saturated rings. The molecular formula is C16H19N9O. The summed E-state index contributed by atoms with van der Waals surface area (Å²) in [5, 5.41) is 15.5. The first-order valence-electron chi connectivity index (χ1n) is 8.83. The van der Waals surface area contributed by atoms with Gasteiger partial charge >= 0.3 is 0 Å². The lowest BCUT2D eigenvalue weighted by molar-refractivity contribution is -0.123. The normalized spacial score (nSPS) is 24.9. The summed E-state index contributed by atoms with van der Waals surface area (Å²) >= 11 is 0. The Morgan fingerprint density at radius 2 is 2.27 bits per heavy atom. The van der Waals surface area contributed by atoms with Gasteiger partial charge in [-0.15, -0.1) is 10.2 Å². The number of anilines is 1. The van der Waals surface area contributed by atoms with Crippen molar-refractivity contribution in [2.75, 3.05) is 11.4 Å². The number of piperidine rings is 2. The molecule has 3 aromatic rings. The zero-order valence-corrected chi connectivity index (χ0v) is 14.1. The van der Waals surface area contributed by atoms with E-state index in [9.17, 15) is 4.79 Å². The number of tetrazole rings is 1. The Morgan fingerprint density at radius 3 is 3.12 bits per heavy atom. The minimum atomic E-state index is -0.0880. The molecular weight excluding hydrogens is 334 g/mol. The van der Waals surface area contributed by atoms with Crippen LogP contribution >= 0.6 is 0 Å². The summed E-state index contributed by atoms with van der Waals surface area (Å²) < 4.78 is 0. The molecule has 3 aliphatic rings. The largest absolute Gasteiger partial charge is 0.351 e. The number of rotatable bonds is 4. The number of amides is 1. The van der Waals surface area contributed by atoms with Gasteiger partial charge in [0, 0.05) is 18.8 Å². The number of hydrogen-bond acceptors (Lipinski definition) is 7. The highest BCUT2D eigenvalue weighted by Crippen LogP contribution is 2.39. The number of H-pyrrole nitrogens is 1. The monoisotopic (exact) mass is 353 g/mol. The lowest BCUT2D eigenvalue weighted by Gasteiger charge is -2.50. The van der Waals surface area contributed by atoms with Crippen LogP contribution in [0.3, 0.4) is 0 Å². The fourth-order valence-electron chi connectivity index (χ4n) is 4.32. The maximum Gasteiger partial charge on any atom is 0.243 e. The minimum Gasteiger partial charge on any atom is -0.351 e. The topological polar surface area (TPSA) is 118 Å². The fourth-order valence-corrected chi connectivity index (χ4v) is 4.32. The molecule has 3 unspecified atom stereocenters. The zero-order valence-electron chi connectivity index (χ0n) is 14.1. The van der Waals surface area contributed by atoms with E-state index in [0.29, 0.717) is 5.92 Å². The van der Waals surface area contributed by atoms with Crippen molar-refractivity contribution in [1.82, 2.24) is 40.5 Å². The highest BCUT2D eigenvalue weighted by molar-refractivity contribution is 5.87. The minimum absolute atomic E-state index is 0.0868. The summed E-state index contributed by atoms with van der Waals surface area (Å²) in [5.41, 5.74) is 0.842. The smallest absolute Gasteiger partial charge is 0.243 e. The van der Waals surface area contributed by atoms with Gasteiger partial charge in [-0.25, -0.2) is 9.97 Å². The molecule has 0 radical (unpaired) electrons. The Balaban J connectivity index is 1.38. The number of nitrogens with zero attached hydrogens (tertiary/aromatic N) is 7. The quantitative estimate of drug-likeness (QED) is 0.684. The average molecular weight is 353 g/mol. The maximum atomic E-state index is 12.4. The van der Waals surface area contributed by atoms with Gasteiger partial charge in [-0.2, -0.15) is 4.80 Å². The van der Waals surface area contributed by atoms with Crippen molar-refractivity contribution in [2.24, 2.45) is 5.92 Å². The van der Waals surface area contributed by atoms with E-state index in [0.717, 1.165) is 36.2 Å². The van der Waals surface area contributed by atoms with Gasteiger partial charge in [-0.3, -0.25) is 4.79 Å². The summed E-state index contributed by atoms with van der Waals surface area (Å²) in [6, 6.07) is 2.35. The number of aromatic amines is 1. The standard InChI is InChI=1S/C16H19N9O/c26-14(7-25-21-9-20-23-25)22-12-5-10-1-2-13(12)24(6-10)16-11-3-4-17-15(11)18-8-19-16/h3-4,8-10,12-13H,1-2,5-7H2,(H,22,26)(H,17,18,19). The molecule has 5 heterocycles. The molecule has 0 aromatic carbocycles. The number of nitrogens with one attached hydrogen (secondary N) is 2. The third kappa shape index (κ3) is 2.57. The van der Waals surface area contributed by atoms with Gasteiger partial charge < -0.3 is 15.2 Å². The average Bonchev–Trinajstić information content (AvgIpc) is 3.33. The van der Waals surface area contributed by atoms with Crippen molar-refractivity contribution in [3.63, 3.8) is 0 Å². The van der Waals surface area contributed by atoms with Crippen LogP contribution in [0, 0.1) is 5.92 Å². The van der Waals surface area contributed by atoms with Gasteiger partial charge in [-0.1, -0.05) is 0 Å². The molecule has 2 aliphatic heterocycles. The Hall–Kier alpha value is -3.04. The highest BCUT2D eigenvalue weighted by Gasteiger charge is 2.42. The van der Waals surface area contributed by atoms with E-state index in [1.807, 2.05) is 12.3 Å². The number of hydrogen-bond donors (Lipinski definition) is 2. The summed E-state index contributed by atoms with van der Waals surface area (Å²) in [4.78, 5) is 28.0. The fraction of sp³-hybridized carbons (Fsp3) is 0.500. The first-order chi connectivity index (χ1) is 12.8. The van der Waals surface area contributed by atoms with Crippen LogP contribution in [0.5, 0.6) is 0 Å². The highest BCUT2D eigenvalue weighted by atomic mass is 16.2. The van der Waals surface area contributed by atoms with E-state index < -0.39 is 0 Å². The predicted octanol–water partition coefficient (Wildman–Crippen LogP) is 0.118. The lowest BCUT2D eigenvalue weighted by Crippen LogP contribution is -2.61. The lowest BCUT2D eigenvalue weighted by atomic mass is 9.76. The van der Waals surface area contributed by atoms with Crippen molar-refractivity contribution in [3.05, 3.63) is 24.9 Å². The third-order valence-corrected chi connectivity index (χ3v) is 5.41. The van der Waals surface area contributed by atoms with Crippen LogP contribution in [0.4, 0.5) is 5.82 Å². The van der Waals surface area contributed by atoms with Crippen LogP contribution in [-0.4, -0.2) is 59.7 Å². The first kappa shape index (κ1) is 15.2. The van der Waals surface area contributed by atoms with Gasteiger partial charge in [0.1, 0.15) is 24.3 Å². The molecule has 10 nitrogen and oxygen atoms in total. The van der Waals surface area contributed by atoms with Gasteiger partial charge in [0.25, 0.3) is 0 Å². The van der Waals surface area contributed by atoms with Gasteiger partial charge in [-0.05, 0) is 36.5 Å². The number of carbonyl (C=O) groups is 1. The molecule has 0 spiro atoms. The number of fused-ring (bicyclic) bond motifs is 4. The van der Waals surface area contributed by atoms with Crippen LogP contribution < -0.4 is 10.2 Å².